The second-order valence-corrected chi connectivity index (χ2v) is 10.4. The van der Waals surface area contributed by atoms with Gasteiger partial charge in [-0.15, -0.1) is 0 Å². The summed E-state index contributed by atoms with van der Waals surface area (Å²) in [6, 6.07) is 7.38. The van der Waals surface area contributed by atoms with Gasteiger partial charge < -0.3 is 10.4 Å². The fourth-order valence-corrected chi connectivity index (χ4v) is 5.28. The monoisotopic (exact) mass is 596 g/mol. The molecule has 1 aromatic heterocycles. The van der Waals surface area contributed by atoms with Crippen molar-refractivity contribution in [3.63, 3.8) is 0 Å². The van der Waals surface area contributed by atoms with E-state index in [4.69, 9.17) is 0 Å². The number of hydrogen-bond donors (Lipinski definition) is 2. The van der Waals surface area contributed by atoms with E-state index in [2.05, 4.69) is 15.3 Å². The van der Waals surface area contributed by atoms with E-state index in [1.165, 1.54) is 12.1 Å². The summed E-state index contributed by atoms with van der Waals surface area (Å²) >= 11 is 0. The van der Waals surface area contributed by atoms with Crippen LogP contribution in [0.5, 0.6) is 0 Å². The molecule has 0 radical (unpaired) electrons. The lowest BCUT2D eigenvalue weighted by Crippen LogP contribution is -2.56. The third kappa shape index (κ3) is 5.89. The van der Waals surface area contributed by atoms with Crippen LogP contribution in [-0.2, 0) is 14.4 Å². The Morgan fingerprint density at radius 3 is 2.47 bits per heavy atom. The molecule has 3 atom stereocenters. The minimum Gasteiger partial charge on any atom is -0.383 e. The van der Waals surface area contributed by atoms with E-state index in [1.54, 1.807) is 31.2 Å². The summed E-state index contributed by atoms with van der Waals surface area (Å²) in [6.45, 7) is 1.62. The minimum atomic E-state index is -2.98. The maximum atomic E-state index is 14.6. The van der Waals surface area contributed by atoms with E-state index in [0.29, 0.717) is 11.6 Å². The van der Waals surface area contributed by atoms with E-state index < -0.39 is 90.4 Å². The molecule has 1 aliphatic heterocycles. The molecule has 3 aromatic rings. The van der Waals surface area contributed by atoms with Crippen molar-refractivity contribution >= 4 is 29.4 Å². The lowest BCUT2D eigenvalue weighted by molar-refractivity contribution is -0.133. The minimum absolute atomic E-state index is 0.149. The standard InChI is InChI=1S/C29H24F4N6O4/c1-15-4-2-3-5-21(15)24(25(41)36-19-12-29(32,33)13-19)38(20-9-16(30)8-17(31)10-20)26(42)22-11-23(40)27(43)39(22)28-35-7-6-18(14-34)37-28/h2-10,19,22-24,40H,11-13H2,1H3,(H,36,41)/t22-,23+,24+/m0/s1. The van der Waals surface area contributed by atoms with Gasteiger partial charge in [0.2, 0.25) is 11.9 Å². The molecule has 0 spiro atoms. The number of amides is 3. The van der Waals surface area contributed by atoms with Gasteiger partial charge in [-0.3, -0.25) is 24.2 Å². The Bertz CT molecular complexity index is 1620. The quantitative estimate of drug-likeness (QED) is 0.400. The van der Waals surface area contributed by atoms with Crippen LogP contribution in [0.25, 0.3) is 0 Å². The number of carbonyl (C=O) groups is 3. The van der Waals surface area contributed by atoms with Gasteiger partial charge in [0, 0.05) is 37.6 Å². The van der Waals surface area contributed by atoms with E-state index in [0.717, 1.165) is 28.1 Å². The zero-order valence-electron chi connectivity index (χ0n) is 22.5. The Hall–Kier alpha value is -4.90. The van der Waals surface area contributed by atoms with Crippen molar-refractivity contribution in [2.45, 2.75) is 56.3 Å². The summed E-state index contributed by atoms with van der Waals surface area (Å²) in [5, 5.41) is 22.3. The van der Waals surface area contributed by atoms with Crippen LogP contribution >= 0.6 is 0 Å². The van der Waals surface area contributed by atoms with E-state index in [1.807, 2.05) is 0 Å². The third-order valence-corrected chi connectivity index (χ3v) is 7.33. The summed E-state index contributed by atoms with van der Waals surface area (Å²) in [5.74, 6) is -8.48. The number of halogens is 4. The number of anilines is 2. The third-order valence-electron chi connectivity index (χ3n) is 7.33. The SMILES string of the molecule is Cc1ccccc1[C@H](C(=O)NC1CC(F)(F)C1)N(C(=O)[C@@H]1C[C@@H](O)C(=O)N1c1nccc(C#N)n1)c1cc(F)cc(F)c1. The van der Waals surface area contributed by atoms with Crippen LogP contribution in [-0.4, -0.2) is 56.9 Å². The number of aromatic nitrogens is 2. The first-order chi connectivity index (χ1) is 20.4. The molecule has 0 unspecified atom stereocenters. The van der Waals surface area contributed by atoms with Crippen LogP contribution in [0.2, 0.25) is 0 Å². The molecule has 1 saturated heterocycles. The molecule has 1 saturated carbocycles. The number of nitrogens with zero attached hydrogens (tertiary/aromatic N) is 5. The number of aliphatic hydroxyl groups excluding tert-OH is 1. The zero-order chi connectivity index (χ0) is 31.1. The van der Waals surface area contributed by atoms with Crippen molar-refractivity contribution < 1.29 is 37.1 Å². The normalized spacial score (nSPS) is 20.2. The molecule has 2 fully saturated rings. The lowest BCUT2D eigenvalue weighted by atomic mass is 9.87. The summed E-state index contributed by atoms with van der Waals surface area (Å²) in [4.78, 5) is 50.8. The maximum Gasteiger partial charge on any atom is 0.259 e. The first-order valence-electron chi connectivity index (χ1n) is 13.2. The molecule has 1 aliphatic carbocycles. The van der Waals surface area contributed by atoms with Gasteiger partial charge in [0.05, 0.1) is 5.69 Å². The summed E-state index contributed by atoms with van der Waals surface area (Å²) < 4.78 is 56.4. The van der Waals surface area contributed by atoms with Crippen molar-refractivity contribution in [2.75, 3.05) is 9.80 Å². The van der Waals surface area contributed by atoms with Crippen LogP contribution in [0, 0.1) is 29.9 Å². The second kappa shape index (κ2) is 11.4. The molecule has 2 aliphatic rings. The van der Waals surface area contributed by atoms with Gasteiger partial charge in [-0.2, -0.15) is 5.26 Å². The Morgan fingerprint density at radius 2 is 1.84 bits per heavy atom. The average Bonchev–Trinajstić information content (AvgIpc) is 3.24. The summed E-state index contributed by atoms with van der Waals surface area (Å²) in [6.07, 6.45) is -2.32. The van der Waals surface area contributed by atoms with Crippen molar-refractivity contribution in [1.29, 1.82) is 5.26 Å². The van der Waals surface area contributed by atoms with Crippen LogP contribution in [0.4, 0.5) is 29.2 Å². The number of aliphatic hydroxyl groups is 1. The van der Waals surface area contributed by atoms with Gasteiger partial charge in [-0.05, 0) is 36.2 Å². The van der Waals surface area contributed by atoms with Crippen molar-refractivity contribution in [3.8, 4) is 6.07 Å². The predicted molar refractivity (Wildman–Crippen MR) is 143 cm³/mol. The fraction of sp³-hybridized carbons (Fsp3) is 0.310. The molecular weight excluding hydrogens is 572 g/mol. The van der Waals surface area contributed by atoms with Gasteiger partial charge in [0.15, 0.2) is 0 Å². The molecule has 10 nitrogen and oxygen atoms in total. The molecule has 14 heteroatoms. The number of nitrogens with one attached hydrogen (secondary N) is 1. The van der Waals surface area contributed by atoms with Gasteiger partial charge >= 0.3 is 0 Å². The van der Waals surface area contributed by atoms with Crippen molar-refractivity contribution in [1.82, 2.24) is 15.3 Å². The van der Waals surface area contributed by atoms with E-state index >= 15 is 0 Å². The Morgan fingerprint density at radius 1 is 1.16 bits per heavy atom. The summed E-state index contributed by atoms with van der Waals surface area (Å²) in [7, 11) is 0. The van der Waals surface area contributed by atoms with Crippen molar-refractivity contribution in [2.24, 2.45) is 0 Å². The van der Waals surface area contributed by atoms with Crippen molar-refractivity contribution in [3.05, 3.63) is 83.2 Å². The molecule has 222 valence electrons. The van der Waals surface area contributed by atoms with Crippen LogP contribution < -0.4 is 15.1 Å². The molecule has 43 heavy (non-hydrogen) atoms. The number of nitriles is 1. The smallest absolute Gasteiger partial charge is 0.259 e. The molecule has 2 N–H and O–H groups in total. The number of alkyl halides is 2. The Balaban J connectivity index is 1.65. The average molecular weight is 597 g/mol. The first kappa shape index (κ1) is 29.6. The van der Waals surface area contributed by atoms with Gasteiger partial charge in [-0.25, -0.2) is 27.5 Å². The zero-order valence-corrected chi connectivity index (χ0v) is 22.5. The Kier molecular flexibility index (Phi) is 7.85. The topological polar surface area (TPSA) is 140 Å². The second-order valence-electron chi connectivity index (χ2n) is 10.4. The molecule has 2 aromatic carbocycles. The summed E-state index contributed by atoms with van der Waals surface area (Å²) in [5.41, 5.74) is 0.137. The van der Waals surface area contributed by atoms with Gasteiger partial charge in [-0.1, -0.05) is 24.3 Å². The van der Waals surface area contributed by atoms with E-state index in [9.17, 15) is 42.3 Å². The van der Waals surface area contributed by atoms with E-state index in [-0.39, 0.29) is 11.3 Å². The number of benzene rings is 2. The molecule has 3 amide bonds. The molecular formula is C29H24F4N6O4. The van der Waals surface area contributed by atoms with Gasteiger partial charge in [0.25, 0.3) is 17.7 Å². The fourth-order valence-electron chi connectivity index (χ4n) is 5.28. The number of hydrogen-bond acceptors (Lipinski definition) is 7. The number of aryl methyl sites for hydroxylation is 1. The maximum absolute atomic E-state index is 14.6. The van der Waals surface area contributed by atoms with Gasteiger partial charge in [0.1, 0.15) is 41.6 Å². The lowest BCUT2D eigenvalue weighted by Gasteiger charge is -2.39. The van der Waals surface area contributed by atoms with Crippen LogP contribution in [0.1, 0.15) is 42.1 Å². The highest BCUT2D eigenvalue weighted by atomic mass is 19.3. The number of carbonyl (C=O) groups excluding carboxylic acids is 3. The highest BCUT2D eigenvalue weighted by molar-refractivity contribution is 6.11. The molecule has 2 heterocycles. The largest absolute Gasteiger partial charge is 0.383 e. The predicted octanol–water partition coefficient (Wildman–Crippen LogP) is 3.09. The Labute approximate surface area is 242 Å². The van der Waals surface area contributed by atoms with Crippen LogP contribution in [0.15, 0.2) is 54.7 Å². The highest BCUT2D eigenvalue weighted by Crippen LogP contribution is 2.39. The van der Waals surface area contributed by atoms with Crippen LogP contribution in [0.3, 0.4) is 0 Å². The first-order valence-corrected chi connectivity index (χ1v) is 13.2. The highest BCUT2D eigenvalue weighted by Gasteiger charge is 2.50. The molecule has 5 rings (SSSR count). The molecule has 0 bridgehead atoms. The number of rotatable bonds is 7.